The molecule has 1 saturated carbocycles. The highest BCUT2D eigenvalue weighted by Crippen LogP contribution is 2.37. The Morgan fingerprint density at radius 3 is 3.12 bits per heavy atom. The molecule has 5 heteroatoms. The molecular weight excluding hydrogens is 236 g/mol. The van der Waals surface area contributed by atoms with Gasteiger partial charge >= 0.3 is 0 Å². The Kier molecular flexibility index (Phi) is 2.69. The Bertz CT molecular complexity index is 445. The summed E-state index contributed by atoms with van der Waals surface area (Å²) in [5.41, 5.74) is 6.05. The van der Waals surface area contributed by atoms with Crippen molar-refractivity contribution in [1.82, 2.24) is 5.32 Å². The van der Waals surface area contributed by atoms with E-state index in [1.54, 1.807) is 0 Å². The lowest BCUT2D eigenvalue weighted by atomic mass is 9.72. The summed E-state index contributed by atoms with van der Waals surface area (Å²) in [6.07, 6.45) is 1.16. The summed E-state index contributed by atoms with van der Waals surface area (Å²) in [6.45, 7) is 2.76. The number of hydrogen-bond donors (Lipinski definition) is 2. The second kappa shape index (κ2) is 4.08. The van der Waals surface area contributed by atoms with Crippen molar-refractivity contribution < 1.29 is 9.53 Å². The van der Waals surface area contributed by atoms with E-state index in [0.717, 1.165) is 22.8 Å². The van der Waals surface area contributed by atoms with E-state index in [2.05, 4.69) is 5.32 Å². The summed E-state index contributed by atoms with van der Waals surface area (Å²) in [7, 11) is 0. The standard InChI is InChI=1S/C12H16N2O2S/c1-6-2-3-8(17-6)12(15)14-10-9(13)7-4-5-16-11(7)10/h2-3,7,9-11H,4-5,13H2,1H3,(H,14,15). The predicted molar refractivity (Wildman–Crippen MR) is 66.1 cm³/mol. The molecule has 1 aromatic rings. The van der Waals surface area contributed by atoms with Crippen LogP contribution in [0.2, 0.25) is 0 Å². The first kappa shape index (κ1) is 11.2. The summed E-state index contributed by atoms with van der Waals surface area (Å²) >= 11 is 1.51. The van der Waals surface area contributed by atoms with Crippen LogP contribution in [-0.2, 0) is 4.74 Å². The fraction of sp³-hybridized carbons (Fsp3) is 0.583. The molecule has 3 N–H and O–H groups in total. The third-order valence-electron chi connectivity index (χ3n) is 3.71. The third-order valence-corrected chi connectivity index (χ3v) is 4.71. The molecule has 1 aliphatic carbocycles. The molecule has 3 rings (SSSR count). The van der Waals surface area contributed by atoms with Gasteiger partial charge in [-0.05, 0) is 25.5 Å². The number of carbonyl (C=O) groups is 1. The van der Waals surface area contributed by atoms with Crippen molar-refractivity contribution in [3.05, 3.63) is 21.9 Å². The van der Waals surface area contributed by atoms with E-state index in [1.807, 2.05) is 19.1 Å². The average molecular weight is 252 g/mol. The number of nitrogens with two attached hydrogens (primary N) is 1. The van der Waals surface area contributed by atoms with Crippen LogP contribution in [-0.4, -0.2) is 30.7 Å². The van der Waals surface area contributed by atoms with Gasteiger partial charge in [0.25, 0.3) is 5.91 Å². The molecule has 1 aromatic heterocycles. The summed E-state index contributed by atoms with van der Waals surface area (Å²) < 4.78 is 5.59. The third kappa shape index (κ3) is 1.78. The van der Waals surface area contributed by atoms with Gasteiger partial charge in [0.1, 0.15) is 0 Å². The number of aryl methyl sites for hydroxylation is 1. The van der Waals surface area contributed by atoms with Crippen molar-refractivity contribution >= 4 is 17.2 Å². The maximum Gasteiger partial charge on any atom is 0.261 e. The molecule has 1 amide bonds. The van der Waals surface area contributed by atoms with Gasteiger partial charge in [-0.25, -0.2) is 0 Å². The molecule has 2 fully saturated rings. The Balaban J connectivity index is 1.66. The number of rotatable bonds is 2. The van der Waals surface area contributed by atoms with E-state index in [0.29, 0.717) is 5.92 Å². The number of thiophene rings is 1. The van der Waals surface area contributed by atoms with Crippen molar-refractivity contribution in [2.45, 2.75) is 31.5 Å². The van der Waals surface area contributed by atoms with E-state index in [-0.39, 0.29) is 24.1 Å². The number of hydrogen-bond acceptors (Lipinski definition) is 4. The molecule has 0 aromatic carbocycles. The maximum atomic E-state index is 12.0. The minimum Gasteiger partial charge on any atom is -0.376 e. The predicted octanol–water partition coefficient (Wildman–Crippen LogP) is 0.901. The molecule has 4 atom stereocenters. The first-order chi connectivity index (χ1) is 8.16. The minimum atomic E-state index is -0.0301. The molecule has 0 spiro atoms. The van der Waals surface area contributed by atoms with Gasteiger partial charge in [-0.15, -0.1) is 11.3 Å². The molecule has 1 saturated heterocycles. The minimum absolute atomic E-state index is 0.0163. The molecular formula is C12H16N2O2S. The first-order valence-electron chi connectivity index (χ1n) is 5.91. The lowest BCUT2D eigenvalue weighted by Crippen LogP contribution is -2.68. The Hall–Kier alpha value is -0.910. The highest BCUT2D eigenvalue weighted by molar-refractivity contribution is 7.13. The second-order valence-corrected chi connectivity index (χ2v) is 6.06. The zero-order valence-electron chi connectivity index (χ0n) is 9.68. The zero-order chi connectivity index (χ0) is 12.0. The molecule has 1 aliphatic heterocycles. The quantitative estimate of drug-likeness (QED) is 0.822. The van der Waals surface area contributed by atoms with Gasteiger partial charge in [-0.2, -0.15) is 0 Å². The molecule has 2 aliphatic rings. The normalized spacial score (nSPS) is 35.2. The van der Waals surface area contributed by atoms with Crippen LogP contribution in [0.5, 0.6) is 0 Å². The van der Waals surface area contributed by atoms with Crippen LogP contribution in [0.25, 0.3) is 0 Å². The number of amides is 1. The highest BCUT2D eigenvalue weighted by Gasteiger charge is 2.52. The van der Waals surface area contributed by atoms with Crippen molar-refractivity contribution in [2.24, 2.45) is 11.7 Å². The number of fused-ring (bicyclic) bond motifs is 1. The van der Waals surface area contributed by atoms with Gasteiger partial charge < -0.3 is 15.8 Å². The molecule has 4 nitrogen and oxygen atoms in total. The van der Waals surface area contributed by atoms with Gasteiger partial charge in [0, 0.05) is 23.4 Å². The summed E-state index contributed by atoms with van der Waals surface area (Å²) in [6, 6.07) is 3.84. The molecule has 92 valence electrons. The second-order valence-electron chi connectivity index (χ2n) is 4.77. The SMILES string of the molecule is Cc1ccc(C(=O)NC2C(N)C3CCOC32)s1. The monoisotopic (exact) mass is 252 g/mol. The number of ether oxygens (including phenoxy) is 1. The lowest BCUT2D eigenvalue weighted by molar-refractivity contribution is -0.0160. The van der Waals surface area contributed by atoms with Crippen LogP contribution in [0.15, 0.2) is 12.1 Å². The Morgan fingerprint density at radius 1 is 1.59 bits per heavy atom. The van der Waals surface area contributed by atoms with Crippen LogP contribution < -0.4 is 11.1 Å². The van der Waals surface area contributed by atoms with Gasteiger partial charge in [-0.1, -0.05) is 0 Å². The summed E-state index contributed by atoms with van der Waals surface area (Å²) in [5.74, 6) is 0.405. The first-order valence-corrected chi connectivity index (χ1v) is 6.73. The van der Waals surface area contributed by atoms with Crippen molar-refractivity contribution in [1.29, 1.82) is 0 Å². The van der Waals surface area contributed by atoms with Crippen LogP contribution >= 0.6 is 11.3 Å². The molecule has 0 radical (unpaired) electrons. The van der Waals surface area contributed by atoms with Crippen molar-refractivity contribution in [3.8, 4) is 0 Å². The molecule has 17 heavy (non-hydrogen) atoms. The van der Waals surface area contributed by atoms with E-state index in [4.69, 9.17) is 10.5 Å². The fourth-order valence-electron chi connectivity index (χ4n) is 2.71. The van der Waals surface area contributed by atoms with E-state index in [1.165, 1.54) is 11.3 Å². The lowest BCUT2D eigenvalue weighted by Gasteiger charge is -2.45. The van der Waals surface area contributed by atoms with E-state index in [9.17, 15) is 4.79 Å². The van der Waals surface area contributed by atoms with Gasteiger partial charge in [-0.3, -0.25) is 4.79 Å². The topological polar surface area (TPSA) is 64.4 Å². The van der Waals surface area contributed by atoms with Crippen LogP contribution in [0, 0.1) is 12.8 Å². The number of carbonyl (C=O) groups excluding carboxylic acids is 1. The Morgan fingerprint density at radius 2 is 2.41 bits per heavy atom. The van der Waals surface area contributed by atoms with Crippen molar-refractivity contribution in [3.63, 3.8) is 0 Å². The van der Waals surface area contributed by atoms with Crippen LogP contribution in [0.4, 0.5) is 0 Å². The van der Waals surface area contributed by atoms with Gasteiger partial charge in [0.15, 0.2) is 0 Å². The molecule has 4 unspecified atom stereocenters. The summed E-state index contributed by atoms with van der Waals surface area (Å²) in [4.78, 5) is 13.9. The van der Waals surface area contributed by atoms with Gasteiger partial charge in [0.05, 0.1) is 17.0 Å². The fourth-order valence-corrected chi connectivity index (χ4v) is 3.48. The van der Waals surface area contributed by atoms with Gasteiger partial charge in [0.2, 0.25) is 0 Å². The smallest absolute Gasteiger partial charge is 0.261 e. The maximum absolute atomic E-state index is 12.0. The van der Waals surface area contributed by atoms with Crippen LogP contribution in [0.1, 0.15) is 21.0 Å². The van der Waals surface area contributed by atoms with Crippen LogP contribution in [0.3, 0.4) is 0 Å². The Labute approximate surface area is 104 Å². The van der Waals surface area contributed by atoms with E-state index < -0.39 is 0 Å². The highest BCUT2D eigenvalue weighted by atomic mass is 32.1. The average Bonchev–Trinajstić information content (AvgIpc) is 2.92. The largest absolute Gasteiger partial charge is 0.376 e. The van der Waals surface area contributed by atoms with E-state index >= 15 is 0 Å². The molecule has 0 bridgehead atoms. The number of nitrogens with one attached hydrogen (secondary N) is 1. The van der Waals surface area contributed by atoms with Crippen molar-refractivity contribution in [2.75, 3.05) is 6.61 Å². The molecule has 2 heterocycles. The zero-order valence-corrected chi connectivity index (χ0v) is 10.5. The summed E-state index contributed by atoms with van der Waals surface area (Å²) in [5, 5.41) is 2.99.